The van der Waals surface area contributed by atoms with Crippen molar-refractivity contribution in [2.45, 2.75) is 5.41 Å². The summed E-state index contributed by atoms with van der Waals surface area (Å²) in [5, 5.41) is 2.44. The Morgan fingerprint density at radius 3 is 1.49 bits per heavy atom. The van der Waals surface area contributed by atoms with Crippen LogP contribution in [0.15, 0.2) is 194 Å². The number of fused-ring (bicyclic) bond motifs is 5. The summed E-state index contributed by atoms with van der Waals surface area (Å²) >= 11 is 0. The number of rotatable bonds is 5. The van der Waals surface area contributed by atoms with Crippen LogP contribution in [0.25, 0.3) is 66.6 Å². The van der Waals surface area contributed by atoms with Crippen LogP contribution in [0.1, 0.15) is 22.3 Å². The Labute approximate surface area is 297 Å². The topological polar surface area (TPSA) is 25.8 Å². The van der Waals surface area contributed by atoms with E-state index in [0.717, 1.165) is 44.7 Å². The predicted molar refractivity (Wildman–Crippen MR) is 211 cm³/mol. The quantitative estimate of drug-likeness (QED) is 0.186. The van der Waals surface area contributed by atoms with Crippen LogP contribution in [0.2, 0.25) is 0 Å². The van der Waals surface area contributed by atoms with Crippen molar-refractivity contribution < 1.29 is 0 Å². The summed E-state index contributed by atoms with van der Waals surface area (Å²) in [5.41, 5.74) is 15.3. The summed E-state index contributed by atoms with van der Waals surface area (Å²) < 4.78 is 0. The molecule has 8 aromatic carbocycles. The van der Waals surface area contributed by atoms with Gasteiger partial charge in [-0.2, -0.15) is 0 Å². The van der Waals surface area contributed by atoms with Crippen molar-refractivity contribution in [3.8, 4) is 44.8 Å². The molecule has 51 heavy (non-hydrogen) atoms. The highest BCUT2D eigenvalue weighted by Crippen LogP contribution is 2.56. The molecule has 1 aliphatic rings. The average molecular weight is 649 g/mol. The lowest BCUT2D eigenvalue weighted by molar-refractivity contribution is 0.769. The Kier molecular flexibility index (Phi) is 6.75. The highest BCUT2D eigenvalue weighted by Gasteiger charge is 2.46. The van der Waals surface area contributed by atoms with E-state index in [4.69, 9.17) is 9.97 Å². The van der Waals surface area contributed by atoms with Gasteiger partial charge in [-0.3, -0.25) is 0 Å². The standard InChI is InChI=1S/C49H32N2/c1-5-15-33(16-6-1)47-48(34-17-7-2-8-18-34)51-46-32-37(27-28-45(46)50-47)35-25-26-36-31-44-42(30-38(36)29-35)41-23-13-14-24-43(41)49(44,39-19-9-3-10-20-39)40-21-11-4-12-22-40/h1-32H. The molecule has 2 nitrogen and oxygen atoms in total. The molecule has 0 unspecified atom stereocenters. The molecule has 0 radical (unpaired) electrons. The lowest BCUT2D eigenvalue weighted by Crippen LogP contribution is -2.28. The second-order valence-electron chi connectivity index (χ2n) is 13.3. The molecule has 10 rings (SSSR count). The molecular weight excluding hydrogens is 617 g/mol. The second kappa shape index (κ2) is 11.8. The molecule has 0 aliphatic heterocycles. The zero-order valence-corrected chi connectivity index (χ0v) is 27.9. The van der Waals surface area contributed by atoms with Gasteiger partial charge in [0.05, 0.1) is 27.8 Å². The molecule has 0 saturated carbocycles. The average Bonchev–Trinajstić information content (AvgIpc) is 3.50. The van der Waals surface area contributed by atoms with Crippen LogP contribution in [0.4, 0.5) is 0 Å². The Morgan fingerprint density at radius 1 is 0.314 bits per heavy atom. The Balaban J connectivity index is 1.14. The van der Waals surface area contributed by atoms with Crippen molar-refractivity contribution in [3.05, 3.63) is 216 Å². The minimum absolute atomic E-state index is 0.409. The largest absolute Gasteiger partial charge is 0.244 e. The summed E-state index contributed by atoms with van der Waals surface area (Å²) in [4.78, 5) is 10.4. The highest BCUT2D eigenvalue weighted by molar-refractivity contribution is 5.98. The minimum atomic E-state index is -0.409. The van der Waals surface area contributed by atoms with Crippen molar-refractivity contribution in [2.75, 3.05) is 0 Å². The zero-order valence-electron chi connectivity index (χ0n) is 27.9. The third kappa shape index (κ3) is 4.65. The highest BCUT2D eigenvalue weighted by atomic mass is 14.8. The Hall–Kier alpha value is -6.64. The number of benzene rings is 8. The Bertz CT molecular complexity index is 2680. The van der Waals surface area contributed by atoms with Crippen molar-refractivity contribution in [2.24, 2.45) is 0 Å². The lowest BCUT2D eigenvalue weighted by Gasteiger charge is -2.34. The van der Waals surface area contributed by atoms with E-state index in [1.807, 2.05) is 12.1 Å². The van der Waals surface area contributed by atoms with Gasteiger partial charge in [0.25, 0.3) is 0 Å². The van der Waals surface area contributed by atoms with E-state index in [-0.39, 0.29) is 0 Å². The molecule has 0 bridgehead atoms. The van der Waals surface area contributed by atoms with E-state index in [0.29, 0.717) is 0 Å². The number of nitrogens with zero attached hydrogens (tertiary/aromatic N) is 2. The molecule has 0 N–H and O–H groups in total. The van der Waals surface area contributed by atoms with Gasteiger partial charge in [-0.1, -0.05) is 164 Å². The molecule has 1 aliphatic carbocycles. The van der Waals surface area contributed by atoms with Gasteiger partial charge in [-0.15, -0.1) is 0 Å². The van der Waals surface area contributed by atoms with Crippen LogP contribution >= 0.6 is 0 Å². The molecule has 0 saturated heterocycles. The summed E-state index contributed by atoms with van der Waals surface area (Å²) in [6.07, 6.45) is 0. The van der Waals surface area contributed by atoms with Crippen molar-refractivity contribution >= 4 is 21.8 Å². The maximum absolute atomic E-state index is 5.25. The van der Waals surface area contributed by atoms with Gasteiger partial charge in [-0.25, -0.2) is 9.97 Å². The van der Waals surface area contributed by atoms with Gasteiger partial charge in [0.2, 0.25) is 0 Å². The fourth-order valence-corrected chi connectivity index (χ4v) is 8.19. The van der Waals surface area contributed by atoms with Crippen molar-refractivity contribution in [1.29, 1.82) is 0 Å². The third-order valence-corrected chi connectivity index (χ3v) is 10.5. The van der Waals surface area contributed by atoms with Crippen LogP contribution in [0.5, 0.6) is 0 Å². The summed E-state index contributed by atoms with van der Waals surface area (Å²) in [7, 11) is 0. The molecule has 1 aromatic heterocycles. The van der Waals surface area contributed by atoms with Crippen LogP contribution in [0.3, 0.4) is 0 Å². The van der Waals surface area contributed by atoms with Gasteiger partial charge in [0.15, 0.2) is 0 Å². The maximum Gasteiger partial charge on any atom is 0.0973 e. The van der Waals surface area contributed by atoms with Gasteiger partial charge >= 0.3 is 0 Å². The zero-order chi connectivity index (χ0) is 33.8. The third-order valence-electron chi connectivity index (χ3n) is 10.5. The van der Waals surface area contributed by atoms with E-state index in [9.17, 15) is 0 Å². The number of hydrogen-bond acceptors (Lipinski definition) is 2. The predicted octanol–water partition coefficient (Wildman–Crippen LogP) is 12.1. The first-order chi connectivity index (χ1) is 25.3. The van der Waals surface area contributed by atoms with Crippen LogP contribution in [-0.4, -0.2) is 9.97 Å². The van der Waals surface area contributed by atoms with Gasteiger partial charge < -0.3 is 0 Å². The molecule has 0 atom stereocenters. The number of hydrogen-bond donors (Lipinski definition) is 0. The van der Waals surface area contributed by atoms with Gasteiger partial charge in [0, 0.05) is 11.1 Å². The molecule has 1 heterocycles. The second-order valence-corrected chi connectivity index (χ2v) is 13.3. The monoisotopic (exact) mass is 648 g/mol. The fourth-order valence-electron chi connectivity index (χ4n) is 8.19. The molecule has 238 valence electrons. The molecule has 0 amide bonds. The van der Waals surface area contributed by atoms with Crippen molar-refractivity contribution in [3.63, 3.8) is 0 Å². The van der Waals surface area contributed by atoms with E-state index in [2.05, 4.69) is 182 Å². The first kappa shape index (κ1) is 29.3. The lowest BCUT2D eigenvalue weighted by atomic mass is 9.67. The first-order valence-electron chi connectivity index (χ1n) is 17.5. The molecular formula is C49H32N2. The molecule has 2 heteroatoms. The molecule has 9 aromatic rings. The van der Waals surface area contributed by atoms with E-state index in [1.54, 1.807) is 0 Å². The van der Waals surface area contributed by atoms with E-state index < -0.39 is 5.41 Å². The fraction of sp³-hybridized carbons (Fsp3) is 0.0204. The number of aromatic nitrogens is 2. The summed E-state index contributed by atoms with van der Waals surface area (Å²) in [5.74, 6) is 0. The minimum Gasteiger partial charge on any atom is -0.244 e. The van der Waals surface area contributed by atoms with Crippen LogP contribution < -0.4 is 0 Å². The molecule has 0 fully saturated rings. The van der Waals surface area contributed by atoms with E-state index >= 15 is 0 Å². The Morgan fingerprint density at radius 2 is 0.843 bits per heavy atom. The van der Waals surface area contributed by atoms with Gasteiger partial charge in [-0.05, 0) is 85.6 Å². The van der Waals surface area contributed by atoms with Crippen LogP contribution in [0, 0.1) is 0 Å². The maximum atomic E-state index is 5.25. The summed E-state index contributed by atoms with van der Waals surface area (Å²) in [6, 6.07) is 69.8. The van der Waals surface area contributed by atoms with Crippen molar-refractivity contribution in [1.82, 2.24) is 9.97 Å². The van der Waals surface area contributed by atoms with Gasteiger partial charge in [0.1, 0.15) is 0 Å². The first-order valence-corrected chi connectivity index (χ1v) is 17.5. The summed E-state index contributed by atoms with van der Waals surface area (Å²) in [6.45, 7) is 0. The molecule has 0 spiro atoms. The normalized spacial score (nSPS) is 12.9. The smallest absolute Gasteiger partial charge is 0.0973 e. The van der Waals surface area contributed by atoms with Crippen LogP contribution in [-0.2, 0) is 5.41 Å². The SMILES string of the molecule is c1ccc(-c2nc3ccc(-c4ccc5cc6c(cc5c4)-c4ccccc4C6(c4ccccc4)c4ccccc4)cc3nc2-c2ccccc2)cc1. The van der Waals surface area contributed by atoms with E-state index in [1.165, 1.54) is 44.2 Å².